The summed E-state index contributed by atoms with van der Waals surface area (Å²) in [7, 11) is 1.69. The molecule has 0 amide bonds. The molecule has 4 heteroatoms. The van der Waals surface area contributed by atoms with E-state index < -0.39 is 0 Å². The first kappa shape index (κ1) is 13.4. The van der Waals surface area contributed by atoms with Crippen LogP contribution in [0.2, 0.25) is 0 Å². The smallest absolute Gasteiger partial charge is 0.160 e. The number of rotatable bonds is 3. The van der Waals surface area contributed by atoms with E-state index in [9.17, 15) is 5.11 Å². The maximum absolute atomic E-state index is 9.98. The van der Waals surface area contributed by atoms with Crippen LogP contribution in [-0.2, 0) is 0 Å². The summed E-state index contributed by atoms with van der Waals surface area (Å²) in [5, 5.41) is 14.4. The Kier molecular flexibility index (Phi) is 4.27. The van der Waals surface area contributed by atoms with Crippen LogP contribution in [-0.4, -0.2) is 28.1 Å². The van der Waals surface area contributed by atoms with Gasteiger partial charge >= 0.3 is 0 Å². The molecular formula is C14H24N2O2. The highest BCUT2D eigenvalue weighted by Crippen LogP contribution is 2.37. The van der Waals surface area contributed by atoms with E-state index in [4.69, 9.17) is 4.74 Å². The molecule has 1 aliphatic carbocycles. The summed E-state index contributed by atoms with van der Waals surface area (Å²) in [5.41, 5.74) is 1.16. The van der Waals surface area contributed by atoms with Crippen molar-refractivity contribution in [1.29, 1.82) is 0 Å². The normalized spacial score (nSPS) is 25.2. The number of hydrogen-bond donors (Lipinski definition) is 1. The van der Waals surface area contributed by atoms with Gasteiger partial charge in [-0.2, -0.15) is 5.10 Å². The summed E-state index contributed by atoms with van der Waals surface area (Å²) in [6.45, 7) is 4.26. The van der Waals surface area contributed by atoms with Gasteiger partial charge in [-0.25, -0.2) is 0 Å². The number of aromatic nitrogens is 2. The lowest BCUT2D eigenvalue weighted by molar-refractivity contribution is 0.150. The summed E-state index contributed by atoms with van der Waals surface area (Å²) >= 11 is 0. The second kappa shape index (κ2) is 5.74. The third-order valence-electron chi connectivity index (χ3n) is 3.79. The molecule has 1 aliphatic rings. The van der Waals surface area contributed by atoms with Crippen LogP contribution in [0, 0.1) is 0 Å². The minimum absolute atomic E-state index is 0.183. The topological polar surface area (TPSA) is 47.3 Å². The zero-order valence-electron chi connectivity index (χ0n) is 11.6. The van der Waals surface area contributed by atoms with Crippen molar-refractivity contribution in [3.8, 4) is 5.75 Å². The summed E-state index contributed by atoms with van der Waals surface area (Å²) < 4.78 is 7.48. The monoisotopic (exact) mass is 252 g/mol. The molecule has 1 fully saturated rings. The lowest BCUT2D eigenvalue weighted by Gasteiger charge is -2.21. The van der Waals surface area contributed by atoms with E-state index in [1.807, 2.05) is 4.68 Å². The Morgan fingerprint density at radius 1 is 1.39 bits per heavy atom. The van der Waals surface area contributed by atoms with Gasteiger partial charge in [-0.3, -0.25) is 4.68 Å². The van der Waals surface area contributed by atoms with Gasteiger partial charge in [-0.15, -0.1) is 0 Å². The van der Waals surface area contributed by atoms with E-state index in [1.54, 1.807) is 13.3 Å². The van der Waals surface area contributed by atoms with E-state index in [0.29, 0.717) is 12.0 Å². The summed E-state index contributed by atoms with van der Waals surface area (Å²) in [6.07, 6.45) is 6.78. The van der Waals surface area contributed by atoms with Crippen molar-refractivity contribution in [3.63, 3.8) is 0 Å². The molecule has 1 heterocycles. The predicted molar refractivity (Wildman–Crippen MR) is 71.0 cm³/mol. The molecule has 2 unspecified atom stereocenters. The maximum atomic E-state index is 9.98. The fourth-order valence-corrected chi connectivity index (χ4v) is 2.90. The largest absolute Gasteiger partial charge is 0.493 e. The first-order chi connectivity index (χ1) is 8.63. The van der Waals surface area contributed by atoms with Crippen molar-refractivity contribution < 1.29 is 9.84 Å². The highest BCUT2D eigenvalue weighted by Gasteiger charge is 2.27. The molecule has 0 aliphatic heterocycles. The second-order valence-electron chi connectivity index (χ2n) is 5.51. The lowest BCUT2D eigenvalue weighted by Crippen LogP contribution is -2.16. The molecule has 2 atom stereocenters. The van der Waals surface area contributed by atoms with Gasteiger partial charge in [0.2, 0.25) is 0 Å². The molecule has 0 aromatic carbocycles. The summed E-state index contributed by atoms with van der Waals surface area (Å²) in [4.78, 5) is 0. The molecule has 0 radical (unpaired) electrons. The van der Waals surface area contributed by atoms with Crippen LogP contribution in [0.25, 0.3) is 0 Å². The molecular weight excluding hydrogens is 228 g/mol. The SMILES string of the molecule is COc1cnn(C(C)C)c1C1CCCCC(O)C1. The third-order valence-corrected chi connectivity index (χ3v) is 3.79. The Morgan fingerprint density at radius 2 is 2.11 bits per heavy atom. The van der Waals surface area contributed by atoms with Crippen molar-refractivity contribution in [2.45, 2.75) is 64.0 Å². The van der Waals surface area contributed by atoms with Crippen LogP contribution in [0.3, 0.4) is 0 Å². The fraction of sp³-hybridized carbons (Fsp3) is 0.786. The molecule has 0 saturated heterocycles. The highest BCUT2D eigenvalue weighted by molar-refractivity contribution is 5.29. The quantitative estimate of drug-likeness (QED) is 0.841. The van der Waals surface area contributed by atoms with Crippen LogP contribution >= 0.6 is 0 Å². The number of ether oxygens (including phenoxy) is 1. The third kappa shape index (κ3) is 2.69. The van der Waals surface area contributed by atoms with Gasteiger partial charge in [0, 0.05) is 12.0 Å². The Hall–Kier alpha value is -1.03. The van der Waals surface area contributed by atoms with E-state index in [2.05, 4.69) is 18.9 Å². The van der Waals surface area contributed by atoms with Crippen LogP contribution in [0.1, 0.15) is 63.6 Å². The van der Waals surface area contributed by atoms with Crippen LogP contribution in [0.5, 0.6) is 5.75 Å². The zero-order valence-corrected chi connectivity index (χ0v) is 11.6. The van der Waals surface area contributed by atoms with Gasteiger partial charge in [0.25, 0.3) is 0 Å². The maximum Gasteiger partial charge on any atom is 0.160 e. The van der Waals surface area contributed by atoms with Gasteiger partial charge in [-0.1, -0.05) is 12.8 Å². The molecule has 1 N–H and O–H groups in total. The number of aliphatic hydroxyl groups is 1. The minimum Gasteiger partial charge on any atom is -0.493 e. The van der Waals surface area contributed by atoms with Gasteiger partial charge in [-0.05, 0) is 33.1 Å². The van der Waals surface area contributed by atoms with E-state index >= 15 is 0 Å². The molecule has 4 nitrogen and oxygen atoms in total. The van der Waals surface area contributed by atoms with E-state index in [0.717, 1.165) is 37.1 Å². The Morgan fingerprint density at radius 3 is 2.78 bits per heavy atom. The first-order valence-electron chi connectivity index (χ1n) is 6.93. The molecule has 102 valence electrons. The van der Waals surface area contributed by atoms with Gasteiger partial charge in [0.15, 0.2) is 5.75 Å². The van der Waals surface area contributed by atoms with E-state index in [1.165, 1.54) is 6.42 Å². The summed E-state index contributed by atoms with van der Waals surface area (Å²) in [6, 6.07) is 0.323. The molecule has 0 bridgehead atoms. The Labute approximate surface area is 109 Å². The van der Waals surface area contributed by atoms with Gasteiger partial charge < -0.3 is 9.84 Å². The van der Waals surface area contributed by atoms with Gasteiger partial charge in [0.1, 0.15) is 0 Å². The lowest BCUT2D eigenvalue weighted by atomic mass is 9.94. The van der Waals surface area contributed by atoms with Gasteiger partial charge in [0.05, 0.1) is 25.1 Å². The van der Waals surface area contributed by atoms with Crippen molar-refractivity contribution >= 4 is 0 Å². The Bertz CT molecular complexity index is 387. The zero-order chi connectivity index (χ0) is 13.1. The molecule has 1 aromatic rings. The second-order valence-corrected chi connectivity index (χ2v) is 5.51. The predicted octanol–water partition coefficient (Wildman–Crippen LogP) is 2.88. The van der Waals surface area contributed by atoms with E-state index in [-0.39, 0.29) is 6.10 Å². The molecule has 0 spiro atoms. The van der Waals surface area contributed by atoms with Crippen molar-refractivity contribution in [2.24, 2.45) is 0 Å². The molecule has 2 rings (SSSR count). The average Bonchev–Trinajstić information content (AvgIpc) is 2.66. The van der Waals surface area contributed by atoms with Crippen LogP contribution in [0.15, 0.2) is 6.20 Å². The van der Waals surface area contributed by atoms with Crippen molar-refractivity contribution in [1.82, 2.24) is 9.78 Å². The average molecular weight is 252 g/mol. The van der Waals surface area contributed by atoms with Crippen molar-refractivity contribution in [3.05, 3.63) is 11.9 Å². The summed E-state index contributed by atoms with van der Waals surface area (Å²) in [5.74, 6) is 1.23. The van der Waals surface area contributed by atoms with Crippen LogP contribution in [0.4, 0.5) is 0 Å². The standard InChI is InChI=1S/C14H24N2O2/c1-10(2)16-14(13(18-3)9-15-16)11-6-4-5-7-12(17)8-11/h9-12,17H,4-8H2,1-3H3. The van der Waals surface area contributed by atoms with Crippen LogP contribution < -0.4 is 4.74 Å². The Balaban J connectivity index is 2.31. The first-order valence-corrected chi connectivity index (χ1v) is 6.93. The highest BCUT2D eigenvalue weighted by atomic mass is 16.5. The number of methoxy groups -OCH3 is 1. The molecule has 1 aromatic heterocycles. The molecule has 18 heavy (non-hydrogen) atoms. The minimum atomic E-state index is -0.183. The molecule has 1 saturated carbocycles. The number of hydrogen-bond acceptors (Lipinski definition) is 3. The fourth-order valence-electron chi connectivity index (χ4n) is 2.90. The van der Waals surface area contributed by atoms with Crippen molar-refractivity contribution in [2.75, 3.05) is 7.11 Å². The number of aliphatic hydroxyl groups excluding tert-OH is 1. The number of nitrogens with zero attached hydrogens (tertiary/aromatic N) is 2.